The minimum absolute atomic E-state index is 0.00307. The Morgan fingerprint density at radius 2 is 1.81 bits per heavy atom. The van der Waals surface area contributed by atoms with Crippen molar-refractivity contribution in [2.24, 2.45) is 0 Å². The maximum Gasteiger partial charge on any atom is 0.262 e. The predicted molar refractivity (Wildman–Crippen MR) is 88.9 cm³/mol. The first-order chi connectivity index (χ1) is 12.5. The Morgan fingerprint density at radius 1 is 1.08 bits per heavy atom. The topological polar surface area (TPSA) is 89.9 Å². The molecule has 0 aromatic carbocycles. The van der Waals surface area contributed by atoms with Crippen molar-refractivity contribution >= 4 is 23.3 Å². The van der Waals surface area contributed by atoms with Gasteiger partial charge in [-0.2, -0.15) is 0 Å². The number of ether oxygens (including phenoxy) is 1. The van der Waals surface area contributed by atoms with Crippen LogP contribution in [-0.2, 0) is 0 Å². The fourth-order valence-corrected chi connectivity index (χ4v) is 2.27. The van der Waals surface area contributed by atoms with Crippen LogP contribution in [0.5, 0.6) is 5.88 Å². The molecule has 0 unspecified atom stereocenters. The van der Waals surface area contributed by atoms with Gasteiger partial charge >= 0.3 is 0 Å². The van der Waals surface area contributed by atoms with E-state index < -0.39 is 23.1 Å². The van der Waals surface area contributed by atoms with Gasteiger partial charge < -0.3 is 10.1 Å². The molecule has 132 valence electrons. The van der Waals surface area contributed by atoms with E-state index >= 15 is 0 Å². The molecule has 7 nitrogen and oxygen atoms in total. The van der Waals surface area contributed by atoms with Crippen LogP contribution in [0.3, 0.4) is 0 Å². The van der Waals surface area contributed by atoms with Crippen LogP contribution in [0.2, 0.25) is 5.02 Å². The first kappa shape index (κ1) is 17.6. The first-order valence-electron chi connectivity index (χ1n) is 7.12. The number of methoxy groups -OCH3 is 1. The van der Waals surface area contributed by atoms with Crippen LogP contribution in [-0.4, -0.2) is 33.0 Å². The van der Waals surface area contributed by atoms with Crippen molar-refractivity contribution in [1.82, 2.24) is 19.9 Å². The average molecular weight is 378 g/mol. The van der Waals surface area contributed by atoms with Gasteiger partial charge in [0.1, 0.15) is 5.56 Å². The molecule has 1 N–H and O–H groups in total. The molecule has 3 rings (SSSR count). The molecular weight excluding hydrogens is 368 g/mol. The number of anilines is 1. The summed E-state index contributed by atoms with van der Waals surface area (Å²) in [6, 6.07) is 1.59. The van der Waals surface area contributed by atoms with Gasteiger partial charge in [-0.25, -0.2) is 18.7 Å². The van der Waals surface area contributed by atoms with Crippen LogP contribution < -0.4 is 10.1 Å². The number of amides is 1. The van der Waals surface area contributed by atoms with Crippen molar-refractivity contribution < 1.29 is 18.3 Å². The Hall–Kier alpha value is -3.20. The van der Waals surface area contributed by atoms with E-state index in [0.717, 1.165) is 12.4 Å². The molecule has 0 fully saturated rings. The van der Waals surface area contributed by atoms with E-state index in [9.17, 15) is 13.6 Å². The third kappa shape index (κ3) is 3.57. The van der Waals surface area contributed by atoms with Crippen LogP contribution in [0.25, 0.3) is 11.3 Å². The van der Waals surface area contributed by atoms with Crippen LogP contribution in [0.1, 0.15) is 10.4 Å². The normalized spacial score (nSPS) is 10.5. The van der Waals surface area contributed by atoms with Crippen molar-refractivity contribution in [3.8, 4) is 17.1 Å². The first-order valence-corrected chi connectivity index (χ1v) is 7.49. The van der Waals surface area contributed by atoms with Crippen LogP contribution in [0.4, 0.5) is 14.6 Å². The average Bonchev–Trinajstić information content (AvgIpc) is 2.62. The molecule has 0 saturated heterocycles. The van der Waals surface area contributed by atoms with Gasteiger partial charge in [-0.3, -0.25) is 14.8 Å². The zero-order valence-electron chi connectivity index (χ0n) is 13.2. The minimum Gasteiger partial charge on any atom is -0.481 e. The molecule has 0 saturated carbocycles. The predicted octanol–water partition coefficient (Wildman–Crippen LogP) is 3.13. The Labute approximate surface area is 151 Å². The second-order valence-electron chi connectivity index (χ2n) is 4.93. The number of carbonyl (C=O) groups excluding carboxylic acids is 1. The van der Waals surface area contributed by atoms with E-state index in [1.165, 1.54) is 25.7 Å². The maximum atomic E-state index is 13.6. The molecule has 0 aliphatic carbocycles. The summed E-state index contributed by atoms with van der Waals surface area (Å²) in [4.78, 5) is 27.5. The summed E-state index contributed by atoms with van der Waals surface area (Å²) in [5.74, 6) is -2.88. The lowest BCUT2D eigenvalue weighted by Crippen LogP contribution is -2.17. The van der Waals surface area contributed by atoms with Gasteiger partial charge in [0.15, 0.2) is 17.5 Å². The highest BCUT2D eigenvalue weighted by atomic mass is 35.5. The Bertz CT molecular complexity index is 949. The van der Waals surface area contributed by atoms with E-state index in [-0.39, 0.29) is 5.82 Å². The van der Waals surface area contributed by atoms with E-state index in [4.69, 9.17) is 16.3 Å². The second kappa shape index (κ2) is 7.36. The van der Waals surface area contributed by atoms with Crippen molar-refractivity contribution in [3.63, 3.8) is 0 Å². The molecule has 3 aromatic heterocycles. The number of hydrogen-bond donors (Lipinski definition) is 1. The van der Waals surface area contributed by atoms with Crippen molar-refractivity contribution in [1.29, 1.82) is 0 Å². The SMILES string of the molecule is COc1ncc(Cl)cc1-c1cnc(NC(=O)c2c(F)cncc2F)cn1. The summed E-state index contributed by atoms with van der Waals surface area (Å²) >= 11 is 5.92. The zero-order chi connectivity index (χ0) is 18.7. The second-order valence-corrected chi connectivity index (χ2v) is 5.37. The van der Waals surface area contributed by atoms with Crippen molar-refractivity contribution in [2.45, 2.75) is 0 Å². The fourth-order valence-electron chi connectivity index (χ4n) is 2.11. The number of carbonyl (C=O) groups is 1. The monoisotopic (exact) mass is 377 g/mol. The molecule has 3 aromatic rings. The number of hydrogen-bond acceptors (Lipinski definition) is 6. The smallest absolute Gasteiger partial charge is 0.262 e. The lowest BCUT2D eigenvalue weighted by atomic mass is 10.2. The Morgan fingerprint density at radius 3 is 2.42 bits per heavy atom. The lowest BCUT2D eigenvalue weighted by Gasteiger charge is -2.08. The maximum absolute atomic E-state index is 13.6. The molecule has 10 heteroatoms. The molecule has 0 aliphatic rings. The van der Waals surface area contributed by atoms with Gasteiger partial charge in [0.2, 0.25) is 5.88 Å². The van der Waals surface area contributed by atoms with Gasteiger partial charge in [-0.15, -0.1) is 0 Å². The lowest BCUT2D eigenvalue weighted by molar-refractivity contribution is 0.101. The van der Waals surface area contributed by atoms with Crippen LogP contribution >= 0.6 is 11.6 Å². The van der Waals surface area contributed by atoms with Gasteiger partial charge in [-0.05, 0) is 6.07 Å². The van der Waals surface area contributed by atoms with Crippen molar-refractivity contribution in [3.05, 3.63) is 59.3 Å². The Balaban J connectivity index is 1.85. The highest BCUT2D eigenvalue weighted by Gasteiger charge is 2.18. The van der Waals surface area contributed by atoms with E-state index in [0.29, 0.717) is 22.2 Å². The summed E-state index contributed by atoms with van der Waals surface area (Å²) < 4.78 is 32.3. The summed E-state index contributed by atoms with van der Waals surface area (Å²) in [6.45, 7) is 0. The van der Waals surface area contributed by atoms with Crippen LogP contribution in [0, 0.1) is 11.6 Å². The third-order valence-electron chi connectivity index (χ3n) is 3.26. The number of nitrogens with zero attached hydrogens (tertiary/aromatic N) is 4. The fraction of sp³-hybridized carbons (Fsp3) is 0.0625. The molecule has 0 bridgehead atoms. The summed E-state index contributed by atoms with van der Waals surface area (Å²) in [6.07, 6.45) is 5.47. The number of halogens is 3. The molecule has 0 spiro atoms. The Kier molecular flexibility index (Phi) is 4.99. The quantitative estimate of drug-likeness (QED) is 0.751. The number of rotatable bonds is 4. The molecule has 1 amide bonds. The van der Waals surface area contributed by atoms with Crippen LogP contribution in [0.15, 0.2) is 37.1 Å². The minimum atomic E-state index is -1.08. The van der Waals surface area contributed by atoms with E-state index in [2.05, 4.69) is 25.3 Å². The third-order valence-corrected chi connectivity index (χ3v) is 3.47. The summed E-state index contributed by atoms with van der Waals surface area (Å²) in [5, 5.41) is 2.64. The molecule has 0 radical (unpaired) electrons. The number of pyridine rings is 2. The zero-order valence-corrected chi connectivity index (χ0v) is 14.0. The van der Waals surface area contributed by atoms with Gasteiger partial charge in [0, 0.05) is 6.20 Å². The number of aromatic nitrogens is 4. The molecule has 26 heavy (non-hydrogen) atoms. The van der Waals surface area contributed by atoms with E-state index in [1.54, 1.807) is 6.07 Å². The van der Waals surface area contributed by atoms with Crippen molar-refractivity contribution in [2.75, 3.05) is 12.4 Å². The van der Waals surface area contributed by atoms with Gasteiger partial charge in [-0.1, -0.05) is 11.6 Å². The van der Waals surface area contributed by atoms with E-state index in [1.807, 2.05) is 0 Å². The standard InChI is InChI=1S/C16H10ClF2N5O2/c1-26-16-9(2-8(17)3-23-16)12-6-22-13(7-21-12)24-15(25)14-10(18)4-20-5-11(14)19/h2-7H,1H3,(H,22,24,25). The summed E-state index contributed by atoms with van der Waals surface area (Å²) in [7, 11) is 1.44. The summed E-state index contributed by atoms with van der Waals surface area (Å²) in [5.41, 5.74) is 0.124. The molecule has 0 atom stereocenters. The van der Waals surface area contributed by atoms with Gasteiger partial charge in [0.25, 0.3) is 5.91 Å². The molecular formula is C16H10ClF2N5O2. The highest BCUT2D eigenvalue weighted by molar-refractivity contribution is 6.30. The largest absolute Gasteiger partial charge is 0.481 e. The molecule has 0 aliphatic heterocycles. The molecule has 3 heterocycles. The number of nitrogens with one attached hydrogen (secondary N) is 1. The van der Waals surface area contributed by atoms with Gasteiger partial charge in [0.05, 0.1) is 48.2 Å². The highest BCUT2D eigenvalue weighted by Crippen LogP contribution is 2.28.